The highest BCUT2D eigenvalue weighted by Gasteiger charge is 2.43. The molecule has 1 heterocycles. The third kappa shape index (κ3) is 2.45. The molecule has 2 aromatic rings. The molecule has 1 fully saturated rings. The van der Waals surface area contributed by atoms with Gasteiger partial charge in [-0.3, -0.25) is 9.69 Å². The minimum Gasteiger partial charge on any atom is -0.368 e. The molecule has 0 bridgehead atoms. The lowest BCUT2D eigenvalue weighted by atomic mass is 9.82. The number of amides is 1. The van der Waals surface area contributed by atoms with Crippen LogP contribution in [-0.2, 0) is 11.3 Å². The highest BCUT2D eigenvalue weighted by Crippen LogP contribution is 2.35. The van der Waals surface area contributed by atoms with Crippen molar-refractivity contribution in [1.82, 2.24) is 4.90 Å². The zero-order valence-electron chi connectivity index (χ0n) is 11.3. The van der Waals surface area contributed by atoms with E-state index in [4.69, 9.17) is 5.73 Å². The molecule has 0 saturated carbocycles. The van der Waals surface area contributed by atoms with E-state index in [1.165, 1.54) is 11.1 Å². The van der Waals surface area contributed by atoms with Crippen LogP contribution in [0, 0.1) is 0 Å². The number of carbonyl (C=O) groups excluding carboxylic acids is 1. The van der Waals surface area contributed by atoms with Gasteiger partial charge in [0.2, 0.25) is 5.91 Å². The van der Waals surface area contributed by atoms with Gasteiger partial charge in [-0.1, -0.05) is 60.7 Å². The van der Waals surface area contributed by atoms with Gasteiger partial charge in [0.25, 0.3) is 0 Å². The van der Waals surface area contributed by atoms with Crippen molar-refractivity contribution in [2.45, 2.75) is 18.5 Å². The largest absolute Gasteiger partial charge is 0.368 e. The normalized spacial score (nSPS) is 22.2. The fourth-order valence-electron chi connectivity index (χ4n) is 2.93. The van der Waals surface area contributed by atoms with Crippen molar-refractivity contribution in [3.63, 3.8) is 0 Å². The maximum atomic E-state index is 11.7. The van der Waals surface area contributed by atoms with Gasteiger partial charge in [-0.05, 0) is 11.1 Å². The Balaban J connectivity index is 1.74. The van der Waals surface area contributed by atoms with E-state index in [0.717, 1.165) is 13.1 Å². The number of nitrogens with zero attached hydrogens (tertiary/aromatic N) is 1. The van der Waals surface area contributed by atoms with Crippen molar-refractivity contribution in [3.8, 4) is 0 Å². The predicted molar refractivity (Wildman–Crippen MR) is 79.0 cm³/mol. The summed E-state index contributed by atoms with van der Waals surface area (Å²) in [5.41, 5.74) is 8.00. The third-order valence-electron chi connectivity index (χ3n) is 3.95. The van der Waals surface area contributed by atoms with Gasteiger partial charge in [0.1, 0.15) is 0 Å². The number of rotatable bonds is 4. The lowest BCUT2D eigenvalue weighted by Crippen LogP contribution is -2.59. The van der Waals surface area contributed by atoms with Crippen molar-refractivity contribution < 1.29 is 4.79 Å². The Morgan fingerprint density at radius 1 is 1.05 bits per heavy atom. The standard InChI is InChI=1S/C17H18N2O/c18-17(20)16-15(14-9-5-2-6-10-14)12-19(16)11-13-7-3-1-4-8-13/h1-10,15-16H,11-12H2,(H2,18,20)/t15-,16+/m1/s1. The van der Waals surface area contributed by atoms with Crippen molar-refractivity contribution in [3.05, 3.63) is 71.8 Å². The van der Waals surface area contributed by atoms with E-state index < -0.39 is 0 Å². The Labute approximate surface area is 119 Å². The molecule has 3 heteroatoms. The van der Waals surface area contributed by atoms with Crippen LogP contribution in [0.5, 0.6) is 0 Å². The van der Waals surface area contributed by atoms with Gasteiger partial charge in [-0.25, -0.2) is 0 Å². The molecule has 20 heavy (non-hydrogen) atoms. The molecule has 0 aliphatic carbocycles. The van der Waals surface area contributed by atoms with E-state index in [1.54, 1.807) is 0 Å². The van der Waals surface area contributed by atoms with E-state index in [2.05, 4.69) is 29.2 Å². The van der Waals surface area contributed by atoms with Gasteiger partial charge in [0, 0.05) is 19.0 Å². The molecule has 2 atom stereocenters. The molecule has 1 aliphatic rings. The van der Waals surface area contributed by atoms with Gasteiger partial charge in [-0.2, -0.15) is 0 Å². The molecule has 0 unspecified atom stereocenters. The zero-order chi connectivity index (χ0) is 13.9. The first-order valence-corrected chi connectivity index (χ1v) is 6.88. The van der Waals surface area contributed by atoms with Crippen LogP contribution in [0.1, 0.15) is 17.0 Å². The summed E-state index contributed by atoms with van der Waals surface area (Å²) in [5.74, 6) is -0.0153. The third-order valence-corrected chi connectivity index (χ3v) is 3.95. The number of primary amides is 1. The Kier molecular flexibility index (Phi) is 3.52. The molecule has 3 rings (SSSR count). The Morgan fingerprint density at radius 3 is 2.25 bits per heavy atom. The number of hydrogen-bond acceptors (Lipinski definition) is 2. The molecule has 2 N–H and O–H groups in total. The fraction of sp³-hybridized carbons (Fsp3) is 0.235. The summed E-state index contributed by atoms with van der Waals surface area (Å²) in [4.78, 5) is 13.9. The van der Waals surface area contributed by atoms with Crippen LogP contribution in [0.15, 0.2) is 60.7 Å². The second kappa shape index (κ2) is 5.47. The zero-order valence-corrected chi connectivity index (χ0v) is 11.3. The molecule has 0 aromatic heterocycles. The maximum absolute atomic E-state index is 11.7. The van der Waals surface area contributed by atoms with Gasteiger partial charge in [0.05, 0.1) is 6.04 Å². The average Bonchev–Trinajstić information content (AvgIpc) is 2.44. The van der Waals surface area contributed by atoms with Gasteiger partial charge in [-0.15, -0.1) is 0 Å². The minimum absolute atomic E-state index is 0.197. The fourth-order valence-corrected chi connectivity index (χ4v) is 2.93. The molecular formula is C17H18N2O. The maximum Gasteiger partial charge on any atom is 0.235 e. The number of carbonyl (C=O) groups is 1. The molecule has 102 valence electrons. The van der Waals surface area contributed by atoms with E-state index in [0.29, 0.717) is 0 Å². The monoisotopic (exact) mass is 266 g/mol. The number of hydrogen-bond donors (Lipinski definition) is 1. The highest BCUT2D eigenvalue weighted by atomic mass is 16.1. The van der Waals surface area contributed by atoms with E-state index in [9.17, 15) is 4.79 Å². The van der Waals surface area contributed by atoms with E-state index in [-0.39, 0.29) is 17.9 Å². The summed E-state index contributed by atoms with van der Waals surface area (Å²) < 4.78 is 0. The second-order valence-electron chi connectivity index (χ2n) is 5.28. The van der Waals surface area contributed by atoms with Crippen LogP contribution in [0.25, 0.3) is 0 Å². The quantitative estimate of drug-likeness (QED) is 0.921. The first-order valence-electron chi connectivity index (χ1n) is 6.88. The molecule has 0 spiro atoms. The van der Waals surface area contributed by atoms with Crippen molar-refractivity contribution in [2.24, 2.45) is 5.73 Å². The topological polar surface area (TPSA) is 46.3 Å². The van der Waals surface area contributed by atoms with Gasteiger partial charge in [0.15, 0.2) is 0 Å². The van der Waals surface area contributed by atoms with Gasteiger partial charge >= 0.3 is 0 Å². The molecular weight excluding hydrogens is 248 g/mol. The smallest absolute Gasteiger partial charge is 0.235 e. The summed E-state index contributed by atoms with van der Waals surface area (Å²) in [5, 5.41) is 0. The van der Waals surface area contributed by atoms with Crippen molar-refractivity contribution >= 4 is 5.91 Å². The molecule has 1 amide bonds. The van der Waals surface area contributed by atoms with E-state index >= 15 is 0 Å². The Hall–Kier alpha value is -2.13. The lowest BCUT2D eigenvalue weighted by molar-refractivity contribution is -0.129. The number of benzene rings is 2. The van der Waals surface area contributed by atoms with Crippen molar-refractivity contribution in [2.75, 3.05) is 6.54 Å². The van der Waals surface area contributed by atoms with Crippen LogP contribution in [0.4, 0.5) is 0 Å². The Bertz CT molecular complexity index is 582. The minimum atomic E-state index is -0.235. The van der Waals surface area contributed by atoms with Crippen LogP contribution in [-0.4, -0.2) is 23.4 Å². The summed E-state index contributed by atoms with van der Waals surface area (Å²) in [6, 6.07) is 20.1. The second-order valence-corrected chi connectivity index (χ2v) is 5.28. The summed E-state index contributed by atoms with van der Waals surface area (Å²) in [7, 11) is 0. The molecule has 2 aromatic carbocycles. The van der Waals surface area contributed by atoms with Crippen molar-refractivity contribution in [1.29, 1.82) is 0 Å². The highest BCUT2D eigenvalue weighted by molar-refractivity contribution is 5.82. The summed E-state index contributed by atoms with van der Waals surface area (Å²) in [6.45, 7) is 1.66. The van der Waals surface area contributed by atoms with Crippen LogP contribution in [0.3, 0.4) is 0 Å². The average molecular weight is 266 g/mol. The SMILES string of the molecule is NC(=O)[C@@H]1[C@@H](c2ccccc2)CN1Cc1ccccc1. The first-order chi connectivity index (χ1) is 9.75. The van der Waals surface area contributed by atoms with Crippen LogP contribution < -0.4 is 5.73 Å². The molecule has 0 radical (unpaired) electrons. The molecule has 1 aliphatic heterocycles. The molecule has 1 saturated heterocycles. The van der Waals surface area contributed by atoms with E-state index in [1.807, 2.05) is 36.4 Å². The summed E-state index contributed by atoms with van der Waals surface area (Å²) in [6.07, 6.45) is 0. The number of likely N-dealkylation sites (tertiary alicyclic amines) is 1. The number of nitrogens with two attached hydrogens (primary N) is 1. The first kappa shape index (κ1) is 12.9. The van der Waals surface area contributed by atoms with Crippen LogP contribution >= 0.6 is 0 Å². The van der Waals surface area contributed by atoms with Crippen LogP contribution in [0.2, 0.25) is 0 Å². The Morgan fingerprint density at radius 2 is 1.65 bits per heavy atom. The van der Waals surface area contributed by atoms with Gasteiger partial charge < -0.3 is 5.73 Å². The summed E-state index contributed by atoms with van der Waals surface area (Å²) >= 11 is 0. The molecule has 3 nitrogen and oxygen atoms in total. The lowest BCUT2D eigenvalue weighted by Gasteiger charge is -2.46. The predicted octanol–water partition coefficient (Wildman–Crippen LogP) is 2.14.